The standard InChI is InChI=1S/C22H25FN2O2S/c23-18-7-3-2-6-16(18)14-24-21(26)15-8-9-19-17(12-15)13-20(28-19)22(27)25-10-4-1-5-11-25/h2-3,6-7,13,15H,1,4-5,8-12,14H2,(H,24,26)/t15-/m1/s1. The average molecular weight is 401 g/mol. The van der Waals surface area contributed by atoms with Gasteiger partial charge in [-0.15, -0.1) is 11.3 Å². The predicted octanol–water partition coefficient (Wildman–Crippen LogP) is 3.93. The van der Waals surface area contributed by atoms with Crippen LogP contribution in [-0.2, 0) is 24.2 Å². The summed E-state index contributed by atoms with van der Waals surface area (Å²) < 4.78 is 13.7. The molecule has 148 valence electrons. The Bertz CT molecular complexity index is 873. The second kappa shape index (κ2) is 8.43. The van der Waals surface area contributed by atoms with Gasteiger partial charge >= 0.3 is 0 Å². The average Bonchev–Trinajstić information content (AvgIpc) is 3.16. The van der Waals surface area contributed by atoms with E-state index in [4.69, 9.17) is 0 Å². The number of carbonyl (C=O) groups excluding carboxylic acids is 2. The second-order valence-corrected chi connectivity index (χ2v) is 8.80. The third-order valence-electron chi connectivity index (χ3n) is 5.72. The van der Waals surface area contributed by atoms with Crippen molar-refractivity contribution in [2.24, 2.45) is 5.92 Å². The van der Waals surface area contributed by atoms with Gasteiger partial charge in [-0.3, -0.25) is 9.59 Å². The molecule has 1 aromatic heterocycles. The van der Waals surface area contributed by atoms with Crippen LogP contribution in [0.15, 0.2) is 30.3 Å². The molecule has 2 aliphatic rings. The SMILES string of the molecule is O=C(NCc1ccccc1F)[C@@H]1CCc2sc(C(=O)N3CCCCC3)cc2C1. The number of nitrogens with zero attached hydrogens (tertiary/aromatic N) is 1. The summed E-state index contributed by atoms with van der Waals surface area (Å²) in [6, 6.07) is 8.49. The Balaban J connectivity index is 1.37. The van der Waals surface area contributed by atoms with Crippen LogP contribution in [0.5, 0.6) is 0 Å². The molecule has 4 rings (SSSR count). The molecule has 6 heteroatoms. The number of hydrogen-bond acceptors (Lipinski definition) is 3. The number of rotatable bonds is 4. The number of nitrogens with one attached hydrogen (secondary N) is 1. The molecule has 0 saturated carbocycles. The molecule has 1 N–H and O–H groups in total. The number of piperidine rings is 1. The van der Waals surface area contributed by atoms with E-state index in [0.717, 1.165) is 49.2 Å². The van der Waals surface area contributed by atoms with Gasteiger partial charge in [0.15, 0.2) is 0 Å². The maximum atomic E-state index is 13.7. The zero-order valence-corrected chi connectivity index (χ0v) is 16.7. The van der Waals surface area contributed by atoms with Gasteiger partial charge in [-0.25, -0.2) is 4.39 Å². The van der Waals surface area contributed by atoms with Crippen molar-refractivity contribution in [2.75, 3.05) is 13.1 Å². The van der Waals surface area contributed by atoms with Gasteiger partial charge in [0.05, 0.1) is 4.88 Å². The van der Waals surface area contributed by atoms with Crippen LogP contribution < -0.4 is 5.32 Å². The van der Waals surface area contributed by atoms with E-state index in [1.807, 2.05) is 11.0 Å². The minimum atomic E-state index is -0.299. The summed E-state index contributed by atoms with van der Waals surface area (Å²) in [5.74, 6) is -0.317. The Kier molecular flexibility index (Phi) is 5.76. The Labute approximate surface area is 168 Å². The highest BCUT2D eigenvalue weighted by molar-refractivity contribution is 7.14. The number of thiophene rings is 1. The largest absolute Gasteiger partial charge is 0.352 e. The molecule has 0 spiro atoms. The van der Waals surface area contributed by atoms with E-state index in [0.29, 0.717) is 12.0 Å². The van der Waals surface area contributed by atoms with Gasteiger partial charge < -0.3 is 10.2 Å². The van der Waals surface area contributed by atoms with E-state index in [2.05, 4.69) is 5.32 Å². The lowest BCUT2D eigenvalue weighted by atomic mass is 9.87. The van der Waals surface area contributed by atoms with Gasteiger partial charge in [0.2, 0.25) is 5.91 Å². The van der Waals surface area contributed by atoms with Crippen LogP contribution in [-0.4, -0.2) is 29.8 Å². The summed E-state index contributed by atoms with van der Waals surface area (Å²) in [5.41, 5.74) is 1.62. The molecule has 1 saturated heterocycles. The Morgan fingerprint density at radius 1 is 1.18 bits per heavy atom. The van der Waals surface area contributed by atoms with Crippen molar-refractivity contribution in [3.8, 4) is 0 Å². The highest BCUT2D eigenvalue weighted by atomic mass is 32.1. The van der Waals surface area contributed by atoms with Crippen LogP contribution in [0.25, 0.3) is 0 Å². The first kappa shape index (κ1) is 19.1. The third kappa shape index (κ3) is 4.12. The van der Waals surface area contributed by atoms with Crippen molar-refractivity contribution in [3.05, 3.63) is 57.0 Å². The summed E-state index contributed by atoms with van der Waals surface area (Å²) in [7, 11) is 0. The van der Waals surface area contributed by atoms with Crippen molar-refractivity contribution >= 4 is 23.2 Å². The molecule has 4 nitrogen and oxygen atoms in total. The highest BCUT2D eigenvalue weighted by Gasteiger charge is 2.28. The van der Waals surface area contributed by atoms with E-state index in [-0.39, 0.29) is 30.1 Å². The van der Waals surface area contributed by atoms with Crippen LogP contribution in [0.4, 0.5) is 4.39 Å². The summed E-state index contributed by atoms with van der Waals surface area (Å²) in [6.45, 7) is 1.90. The lowest BCUT2D eigenvalue weighted by Gasteiger charge is -2.26. The number of benzene rings is 1. The topological polar surface area (TPSA) is 49.4 Å². The Hall–Kier alpha value is -2.21. The van der Waals surface area contributed by atoms with E-state index >= 15 is 0 Å². The number of carbonyl (C=O) groups is 2. The number of aryl methyl sites for hydroxylation is 1. The lowest BCUT2D eigenvalue weighted by molar-refractivity contribution is -0.125. The van der Waals surface area contributed by atoms with Gasteiger partial charge in [-0.05, 0) is 56.2 Å². The molecule has 28 heavy (non-hydrogen) atoms. The summed E-state index contributed by atoms with van der Waals surface area (Å²) >= 11 is 1.59. The predicted molar refractivity (Wildman–Crippen MR) is 108 cm³/mol. The summed E-state index contributed by atoms with van der Waals surface area (Å²) in [6.07, 6.45) is 5.62. The van der Waals surface area contributed by atoms with Crippen molar-refractivity contribution in [3.63, 3.8) is 0 Å². The minimum Gasteiger partial charge on any atom is -0.352 e. The maximum absolute atomic E-state index is 13.7. The molecule has 2 amide bonds. The highest BCUT2D eigenvalue weighted by Crippen LogP contribution is 2.33. The number of halogens is 1. The number of likely N-dealkylation sites (tertiary alicyclic amines) is 1. The van der Waals surface area contributed by atoms with Gasteiger partial charge in [0, 0.05) is 36.0 Å². The first-order chi connectivity index (χ1) is 13.6. The Morgan fingerprint density at radius 3 is 2.75 bits per heavy atom. The quantitative estimate of drug-likeness (QED) is 0.845. The summed E-state index contributed by atoms with van der Waals surface area (Å²) in [4.78, 5) is 29.3. The molecule has 1 aromatic carbocycles. The molecular weight excluding hydrogens is 375 g/mol. The first-order valence-electron chi connectivity index (χ1n) is 10.0. The van der Waals surface area contributed by atoms with Crippen LogP contribution >= 0.6 is 11.3 Å². The van der Waals surface area contributed by atoms with Gasteiger partial charge in [0.25, 0.3) is 5.91 Å². The van der Waals surface area contributed by atoms with Crippen molar-refractivity contribution < 1.29 is 14.0 Å². The van der Waals surface area contributed by atoms with Crippen molar-refractivity contribution in [1.82, 2.24) is 10.2 Å². The molecule has 2 heterocycles. The zero-order chi connectivity index (χ0) is 19.5. The third-order valence-corrected chi connectivity index (χ3v) is 6.94. The zero-order valence-electron chi connectivity index (χ0n) is 15.9. The molecule has 1 aliphatic carbocycles. The molecule has 1 aliphatic heterocycles. The van der Waals surface area contributed by atoms with E-state index < -0.39 is 0 Å². The number of hydrogen-bond donors (Lipinski definition) is 1. The minimum absolute atomic E-state index is 0.0380. The fourth-order valence-corrected chi connectivity index (χ4v) is 5.25. The number of fused-ring (bicyclic) bond motifs is 1. The molecule has 0 unspecified atom stereocenters. The fourth-order valence-electron chi connectivity index (χ4n) is 4.07. The van der Waals surface area contributed by atoms with Crippen molar-refractivity contribution in [2.45, 2.75) is 45.1 Å². The lowest BCUT2D eigenvalue weighted by Crippen LogP contribution is -2.35. The van der Waals surface area contributed by atoms with Crippen LogP contribution in [0.2, 0.25) is 0 Å². The number of amides is 2. The maximum Gasteiger partial charge on any atom is 0.263 e. The molecule has 0 radical (unpaired) electrons. The molecule has 0 bridgehead atoms. The van der Waals surface area contributed by atoms with Crippen LogP contribution in [0, 0.1) is 11.7 Å². The van der Waals surface area contributed by atoms with E-state index in [9.17, 15) is 14.0 Å². The Morgan fingerprint density at radius 2 is 1.96 bits per heavy atom. The molecule has 1 atom stereocenters. The molecule has 1 fully saturated rings. The first-order valence-corrected chi connectivity index (χ1v) is 10.9. The van der Waals surface area contributed by atoms with Gasteiger partial charge in [-0.1, -0.05) is 18.2 Å². The molecular formula is C22H25FN2O2S. The normalized spacial score (nSPS) is 19.2. The summed E-state index contributed by atoms with van der Waals surface area (Å²) in [5, 5.41) is 2.87. The monoisotopic (exact) mass is 400 g/mol. The smallest absolute Gasteiger partial charge is 0.263 e. The van der Waals surface area contributed by atoms with E-state index in [1.54, 1.807) is 29.5 Å². The van der Waals surface area contributed by atoms with Gasteiger partial charge in [-0.2, -0.15) is 0 Å². The van der Waals surface area contributed by atoms with Crippen molar-refractivity contribution in [1.29, 1.82) is 0 Å². The van der Waals surface area contributed by atoms with Crippen LogP contribution in [0.3, 0.4) is 0 Å². The molecule has 2 aromatic rings. The van der Waals surface area contributed by atoms with Crippen LogP contribution in [0.1, 0.15) is 51.4 Å². The fraction of sp³-hybridized carbons (Fsp3) is 0.455. The van der Waals surface area contributed by atoms with E-state index in [1.165, 1.54) is 17.4 Å². The second-order valence-electron chi connectivity index (χ2n) is 7.66. The van der Waals surface area contributed by atoms with Gasteiger partial charge in [0.1, 0.15) is 5.82 Å².